The maximum Gasteiger partial charge on any atom is 0.389 e. The first-order valence-electron chi connectivity index (χ1n) is 10.2. The van der Waals surface area contributed by atoms with Crippen molar-refractivity contribution in [2.45, 2.75) is 32.5 Å². The first kappa shape index (κ1) is 23.1. The molecular weight excluding hydrogens is 430 g/mol. The second kappa shape index (κ2) is 9.70. The van der Waals surface area contributed by atoms with E-state index in [1.807, 2.05) is 42.5 Å². The second-order valence-electron chi connectivity index (χ2n) is 8.07. The number of benzene rings is 2. The molecule has 7 heteroatoms. The number of carbonyl (C=O) groups is 1. The highest BCUT2D eigenvalue weighted by molar-refractivity contribution is 6.95. The Balaban J connectivity index is 2.16. The van der Waals surface area contributed by atoms with Gasteiger partial charge in [-0.1, -0.05) is 79.3 Å². The van der Waals surface area contributed by atoms with Crippen molar-refractivity contribution in [2.24, 2.45) is 10.9 Å². The van der Waals surface area contributed by atoms with Crippen LogP contribution in [-0.4, -0.2) is 34.3 Å². The van der Waals surface area contributed by atoms with E-state index < -0.39 is 8.07 Å². The minimum absolute atomic E-state index is 0.102. The molecule has 2 atom stereocenters. The third-order valence-corrected chi connectivity index (χ3v) is 9.77. The van der Waals surface area contributed by atoms with E-state index in [1.165, 1.54) is 19.4 Å². The summed E-state index contributed by atoms with van der Waals surface area (Å²) in [6, 6.07) is 17.7. The number of esters is 1. The number of carbonyl (C=O) groups excluding carboxylic acids is 1. The number of rotatable bonds is 5. The summed E-state index contributed by atoms with van der Waals surface area (Å²) < 4.78 is 16.6. The van der Waals surface area contributed by atoms with Crippen LogP contribution in [0.25, 0.3) is 0 Å². The monoisotopic (exact) mass is 457 g/mol. The fourth-order valence-corrected chi connectivity index (χ4v) is 6.88. The standard InChI is InChI=1S/C24H28ClNO4Si/c1-16-22(17-11-13-18(25)14-12-17)26-24(29-3)30-23(16)20(15-21(27)28-2)31(4,5)19-9-7-6-8-10-19/h6-14,16,22H,15H2,1-5H3/b23-20-/t16-,22-/m0/s1. The van der Waals surface area contributed by atoms with E-state index in [9.17, 15) is 4.79 Å². The normalized spacial score (nSPS) is 20.4. The van der Waals surface area contributed by atoms with Gasteiger partial charge in [-0.05, 0) is 22.9 Å². The molecule has 0 amide bonds. The minimum Gasteiger partial charge on any atom is -0.469 e. The van der Waals surface area contributed by atoms with E-state index in [2.05, 4.69) is 37.1 Å². The Morgan fingerprint density at radius 2 is 1.74 bits per heavy atom. The van der Waals surface area contributed by atoms with Crippen LogP contribution in [0, 0.1) is 5.92 Å². The Labute approximate surface area is 189 Å². The Morgan fingerprint density at radius 3 is 2.32 bits per heavy atom. The summed E-state index contributed by atoms with van der Waals surface area (Å²) in [5.74, 6) is 0.340. The molecule has 0 aromatic heterocycles. The first-order chi connectivity index (χ1) is 14.8. The molecule has 0 unspecified atom stereocenters. The molecule has 0 spiro atoms. The minimum atomic E-state index is -2.28. The molecule has 2 aromatic carbocycles. The molecule has 0 bridgehead atoms. The van der Waals surface area contributed by atoms with E-state index >= 15 is 0 Å². The summed E-state index contributed by atoms with van der Waals surface area (Å²) in [7, 11) is 0.664. The van der Waals surface area contributed by atoms with Gasteiger partial charge >= 0.3 is 12.1 Å². The molecule has 1 aliphatic heterocycles. The quantitative estimate of drug-likeness (QED) is 0.467. The fourth-order valence-electron chi connectivity index (χ4n) is 3.90. The van der Waals surface area contributed by atoms with Gasteiger partial charge in [0.05, 0.1) is 26.7 Å². The molecule has 31 heavy (non-hydrogen) atoms. The summed E-state index contributed by atoms with van der Waals surface area (Å²) in [6.45, 7) is 6.51. The third kappa shape index (κ3) is 5.02. The molecular formula is C24H28ClNO4Si. The lowest BCUT2D eigenvalue weighted by molar-refractivity contribution is -0.139. The van der Waals surface area contributed by atoms with E-state index in [0.717, 1.165) is 16.5 Å². The van der Waals surface area contributed by atoms with Crippen LogP contribution < -0.4 is 5.19 Å². The van der Waals surface area contributed by atoms with Crippen LogP contribution in [-0.2, 0) is 19.0 Å². The second-order valence-corrected chi connectivity index (χ2v) is 12.9. The van der Waals surface area contributed by atoms with Crippen LogP contribution in [0.5, 0.6) is 0 Å². The van der Waals surface area contributed by atoms with Crippen molar-refractivity contribution in [3.63, 3.8) is 0 Å². The van der Waals surface area contributed by atoms with Gasteiger partial charge in [0.15, 0.2) is 0 Å². The Bertz CT molecular complexity index is 986. The zero-order valence-electron chi connectivity index (χ0n) is 18.5. The van der Waals surface area contributed by atoms with Crippen LogP contribution in [0.15, 0.2) is 70.5 Å². The van der Waals surface area contributed by atoms with E-state index in [0.29, 0.717) is 5.02 Å². The maximum atomic E-state index is 12.4. The average Bonchev–Trinajstić information content (AvgIpc) is 2.79. The zero-order valence-corrected chi connectivity index (χ0v) is 20.3. The maximum absolute atomic E-state index is 12.4. The number of ether oxygens (including phenoxy) is 3. The first-order valence-corrected chi connectivity index (χ1v) is 13.6. The van der Waals surface area contributed by atoms with Crippen molar-refractivity contribution in [1.82, 2.24) is 0 Å². The van der Waals surface area contributed by atoms with Gasteiger partial charge in [-0.25, -0.2) is 4.99 Å². The van der Waals surface area contributed by atoms with Crippen molar-refractivity contribution < 1.29 is 19.0 Å². The smallest absolute Gasteiger partial charge is 0.389 e. The lowest BCUT2D eigenvalue weighted by Crippen LogP contribution is -2.46. The number of aliphatic imine (C=N–C) groups is 1. The highest BCUT2D eigenvalue weighted by Gasteiger charge is 2.39. The summed E-state index contributed by atoms with van der Waals surface area (Å²) in [5, 5.41) is 2.85. The van der Waals surface area contributed by atoms with Crippen LogP contribution in [0.3, 0.4) is 0 Å². The van der Waals surface area contributed by atoms with Crippen LogP contribution in [0.2, 0.25) is 18.1 Å². The number of hydrogen-bond donors (Lipinski definition) is 0. The van der Waals surface area contributed by atoms with Crippen molar-refractivity contribution in [2.75, 3.05) is 14.2 Å². The molecule has 0 saturated carbocycles. The number of halogens is 1. The molecule has 5 nitrogen and oxygen atoms in total. The van der Waals surface area contributed by atoms with Gasteiger partial charge in [0.25, 0.3) is 0 Å². The van der Waals surface area contributed by atoms with Gasteiger partial charge in [-0.2, -0.15) is 0 Å². The predicted octanol–water partition coefficient (Wildman–Crippen LogP) is 5.02. The van der Waals surface area contributed by atoms with Crippen LogP contribution >= 0.6 is 11.6 Å². The molecule has 1 aliphatic rings. The van der Waals surface area contributed by atoms with Gasteiger partial charge in [-0.3, -0.25) is 4.79 Å². The average molecular weight is 458 g/mol. The van der Waals surface area contributed by atoms with Gasteiger partial charge in [0.2, 0.25) is 0 Å². The molecule has 1 heterocycles. The Hall–Kier alpha value is -2.57. The molecule has 2 aromatic rings. The number of methoxy groups -OCH3 is 2. The summed E-state index contributed by atoms with van der Waals surface area (Å²) in [6.07, 6.45) is 0.350. The fraction of sp³-hybridized carbons (Fsp3) is 0.333. The molecule has 0 saturated heterocycles. The van der Waals surface area contributed by atoms with E-state index in [4.69, 9.17) is 25.8 Å². The summed E-state index contributed by atoms with van der Waals surface area (Å²) >= 11 is 6.08. The Kier molecular flexibility index (Phi) is 7.23. The Morgan fingerprint density at radius 1 is 1.10 bits per heavy atom. The molecule has 0 N–H and O–H groups in total. The molecule has 0 aliphatic carbocycles. The van der Waals surface area contributed by atoms with Crippen molar-refractivity contribution in [1.29, 1.82) is 0 Å². The van der Waals surface area contributed by atoms with Crippen LogP contribution in [0.1, 0.15) is 24.9 Å². The third-order valence-electron chi connectivity index (χ3n) is 5.81. The molecule has 164 valence electrons. The molecule has 3 rings (SSSR count). The number of nitrogens with zero attached hydrogens (tertiary/aromatic N) is 1. The topological polar surface area (TPSA) is 57.1 Å². The van der Waals surface area contributed by atoms with Crippen molar-refractivity contribution in [3.05, 3.63) is 76.1 Å². The van der Waals surface area contributed by atoms with Crippen molar-refractivity contribution >= 4 is 36.9 Å². The highest BCUT2D eigenvalue weighted by atomic mass is 35.5. The molecule has 0 fully saturated rings. The zero-order chi connectivity index (χ0) is 22.6. The van der Waals surface area contributed by atoms with Gasteiger partial charge in [-0.15, -0.1) is 0 Å². The summed E-state index contributed by atoms with van der Waals surface area (Å²) in [5.41, 5.74) is 1.00. The van der Waals surface area contributed by atoms with Gasteiger partial charge in [0, 0.05) is 10.9 Å². The van der Waals surface area contributed by atoms with Gasteiger partial charge < -0.3 is 14.2 Å². The van der Waals surface area contributed by atoms with E-state index in [1.54, 1.807) is 0 Å². The largest absolute Gasteiger partial charge is 0.469 e. The predicted molar refractivity (Wildman–Crippen MR) is 126 cm³/mol. The lowest BCUT2D eigenvalue weighted by Gasteiger charge is -2.35. The highest BCUT2D eigenvalue weighted by Crippen LogP contribution is 2.40. The molecule has 0 radical (unpaired) electrons. The van der Waals surface area contributed by atoms with Crippen molar-refractivity contribution in [3.8, 4) is 0 Å². The van der Waals surface area contributed by atoms with Gasteiger partial charge in [0.1, 0.15) is 13.8 Å². The summed E-state index contributed by atoms with van der Waals surface area (Å²) in [4.78, 5) is 17.1. The lowest BCUT2D eigenvalue weighted by atomic mass is 9.92. The SMILES string of the molecule is COC(=O)C/C(=C1/OC(OC)=N[C@H](c2ccc(Cl)cc2)[C@@H]1C)[Si](C)(C)c1ccccc1. The van der Waals surface area contributed by atoms with E-state index in [-0.39, 0.29) is 30.4 Å². The van der Waals surface area contributed by atoms with Crippen LogP contribution in [0.4, 0.5) is 0 Å². The number of hydrogen-bond acceptors (Lipinski definition) is 5.